The summed E-state index contributed by atoms with van der Waals surface area (Å²) in [6, 6.07) is 0.378. The third-order valence-electron chi connectivity index (χ3n) is 3.39. The minimum atomic E-state index is -0.199. The van der Waals surface area contributed by atoms with E-state index in [0.717, 1.165) is 52.2 Å². The molecule has 2 rings (SSSR count). The minimum Gasteiger partial charge on any atom is -0.379 e. The second kappa shape index (κ2) is 6.33. The van der Waals surface area contributed by atoms with Gasteiger partial charge in [-0.3, -0.25) is 4.79 Å². The Balaban J connectivity index is 1.68. The fraction of sp³-hybridized carbons (Fsp3) is 0.917. The number of nitrogens with zero attached hydrogens (tertiary/aromatic N) is 1. The van der Waals surface area contributed by atoms with E-state index in [1.165, 1.54) is 0 Å². The number of hydrogen-bond donors (Lipinski definition) is 1. The number of nitrogens with one attached hydrogen (secondary N) is 1. The first-order valence-electron chi connectivity index (χ1n) is 6.45. The van der Waals surface area contributed by atoms with Gasteiger partial charge in [0.25, 0.3) is 5.91 Å². The Labute approximate surface area is 102 Å². The molecule has 2 aliphatic rings. The van der Waals surface area contributed by atoms with Crippen molar-refractivity contribution in [1.82, 2.24) is 10.2 Å². The van der Waals surface area contributed by atoms with Crippen molar-refractivity contribution in [1.29, 1.82) is 0 Å². The van der Waals surface area contributed by atoms with Crippen molar-refractivity contribution >= 4 is 5.91 Å². The molecule has 5 heteroatoms. The summed E-state index contributed by atoms with van der Waals surface area (Å²) < 4.78 is 10.8. The maximum atomic E-state index is 12.0. The first kappa shape index (κ1) is 12.8. The number of rotatable bonds is 4. The van der Waals surface area contributed by atoms with Crippen molar-refractivity contribution in [3.63, 3.8) is 0 Å². The molecule has 1 amide bonds. The van der Waals surface area contributed by atoms with Gasteiger partial charge in [0.2, 0.25) is 0 Å². The van der Waals surface area contributed by atoms with Crippen LogP contribution in [0.25, 0.3) is 0 Å². The number of ether oxygens (including phenoxy) is 2. The monoisotopic (exact) mass is 242 g/mol. The second-order valence-electron chi connectivity index (χ2n) is 4.78. The molecule has 0 radical (unpaired) electrons. The van der Waals surface area contributed by atoms with Gasteiger partial charge in [-0.25, -0.2) is 0 Å². The van der Waals surface area contributed by atoms with E-state index in [2.05, 4.69) is 5.32 Å². The predicted molar refractivity (Wildman–Crippen MR) is 63.8 cm³/mol. The van der Waals surface area contributed by atoms with Gasteiger partial charge in [0.15, 0.2) is 0 Å². The van der Waals surface area contributed by atoms with Gasteiger partial charge < -0.3 is 19.7 Å². The molecule has 0 aromatic rings. The molecule has 2 fully saturated rings. The highest BCUT2D eigenvalue weighted by molar-refractivity contribution is 5.80. The zero-order valence-corrected chi connectivity index (χ0v) is 10.5. The first-order chi connectivity index (χ1) is 8.27. The fourth-order valence-corrected chi connectivity index (χ4v) is 2.28. The highest BCUT2D eigenvalue weighted by Crippen LogP contribution is 2.14. The van der Waals surface area contributed by atoms with E-state index >= 15 is 0 Å². The predicted octanol–water partition coefficient (Wildman–Crippen LogP) is 0.00230. The lowest BCUT2D eigenvalue weighted by molar-refractivity contribution is -0.139. The molecule has 0 aromatic heterocycles. The summed E-state index contributed by atoms with van der Waals surface area (Å²) in [6.45, 7) is 3.94. The molecule has 98 valence electrons. The van der Waals surface area contributed by atoms with Gasteiger partial charge in [-0.1, -0.05) is 0 Å². The van der Waals surface area contributed by atoms with E-state index in [1.54, 1.807) is 4.90 Å². The zero-order chi connectivity index (χ0) is 12.1. The maximum absolute atomic E-state index is 12.0. The summed E-state index contributed by atoms with van der Waals surface area (Å²) in [6.07, 6.45) is 2.61. The summed E-state index contributed by atoms with van der Waals surface area (Å²) in [7, 11) is 1.85. The van der Waals surface area contributed by atoms with E-state index in [-0.39, 0.29) is 12.0 Å². The van der Waals surface area contributed by atoms with Crippen LogP contribution in [0.4, 0.5) is 0 Å². The molecule has 2 aliphatic heterocycles. The maximum Gasteiger partial charge on any atom is 0.251 e. The third-order valence-corrected chi connectivity index (χ3v) is 3.39. The summed E-state index contributed by atoms with van der Waals surface area (Å²) in [5.74, 6) is 0.124. The molecule has 0 aromatic carbocycles. The molecule has 2 atom stereocenters. The molecule has 0 saturated carbocycles. The van der Waals surface area contributed by atoms with Crippen LogP contribution in [0.15, 0.2) is 0 Å². The SMILES string of the molecule is CN(CCC1COCCN1)C(=O)C1CCCO1. The van der Waals surface area contributed by atoms with E-state index in [1.807, 2.05) is 7.05 Å². The van der Waals surface area contributed by atoms with E-state index in [0.29, 0.717) is 6.04 Å². The Morgan fingerprint density at radius 3 is 3.00 bits per heavy atom. The molecule has 0 spiro atoms. The van der Waals surface area contributed by atoms with Gasteiger partial charge in [0, 0.05) is 32.8 Å². The molecule has 0 aliphatic carbocycles. The number of carbonyl (C=O) groups is 1. The number of carbonyl (C=O) groups excluding carboxylic acids is 1. The molecule has 1 N–H and O–H groups in total. The Kier molecular flexibility index (Phi) is 4.76. The molecular weight excluding hydrogens is 220 g/mol. The van der Waals surface area contributed by atoms with Crippen molar-refractivity contribution in [3.05, 3.63) is 0 Å². The summed E-state index contributed by atoms with van der Waals surface area (Å²) >= 11 is 0. The van der Waals surface area contributed by atoms with E-state index < -0.39 is 0 Å². The van der Waals surface area contributed by atoms with Gasteiger partial charge in [-0.05, 0) is 19.3 Å². The van der Waals surface area contributed by atoms with Crippen LogP contribution < -0.4 is 5.32 Å². The molecule has 2 unspecified atom stereocenters. The topological polar surface area (TPSA) is 50.8 Å². The van der Waals surface area contributed by atoms with E-state index in [9.17, 15) is 4.79 Å². The van der Waals surface area contributed by atoms with Crippen LogP contribution in [-0.2, 0) is 14.3 Å². The van der Waals surface area contributed by atoms with Crippen LogP contribution in [0.5, 0.6) is 0 Å². The van der Waals surface area contributed by atoms with Crippen LogP contribution in [0.1, 0.15) is 19.3 Å². The Morgan fingerprint density at radius 1 is 1.47 bits per heavy atom. The van der Waals surface area contributed by atoms with Crippen molar-refractivity contribution in [2.75, 3.05) is 40.0 Å². The number of amides is 1. The molecular formula is C12H22N2O3. The average molecular weight is 242 g/mol. The second-order valence-corrected chi connectivity index (χ2v) is 4.78. The fourth-order valence-electron chi connectivity index (χ4n) is 2.28. The lowest BCUT2D eigenvalue weighted by atomic mass is 10.1. The first-order valence-corrected chi connectivity index (χ1v) is 6.45. The summed E-state index contributed by atoms with van der Waals surface area (Å²) in [4.78, 5) is 13.8. The van der Waals surface area contributed by atoms with Crippen molar-refractivity contribution in [3.8, 4) is 0 Å². The van der Waals surface area contributed by atoms with Crippen LogP contribution in [0.3, 0.4) is 0 Å². The third kappa shape index (κ3) is 3.66. The highest BCUT2D eigenvalue weighted by Gasteiger charge is 2.26. The minimum absolute atomic E-state index is 0.124. The standard InChI is InChI=1S/C12H22N2O3/c1-14(12(15)11-3-2-7-17-11)6-4-10-9-16-8-5-13-10/h10-11,13H,2-9H2,1H3. The molecule has 2 heterocycles. The van der Waals surface area contributed by atoms with Crippen LogP contribution in [0, 0.1) is 0 Å². The van der Waals surface area contributed by atoms with Gasteiger partial charge in [-0.2, -0.15) is 0 Å². The summed E-state index contributed by atoms with van der Waals surface area (Å²) in [5, 5.41) is 3.39. The smallest absolute Gasteiger partial charge is 0.251 e. The van der Waals surface area contributed by atoms with Crippen LogP contribution >= 0.6 is 0 Å². The van der Waals surface area contributed by atoms with Crippen molar-refractivity contribution < 1.29 is 14.3 Å². The normalized spacial score (nSPS) is 29.2. The Morgan fingerprint density at radius 2 is 2.35 bits per heavy atom. The molecule has 5 nitrogen and oxygen atoms in total. The number of morpholine rings is 1. The molecule has 2 saturated heterocycles. The Bertz CT molecular complexity index is 248. The van der Waals surface area contributed by atoms with Crippen LogP contribution in [-0.4, -0.2) is 62.9 Å². The number of hydrogen-bond acceptors (Lipinski definition) is 4. The lowest BCUT2D eigenvalue weighted by Gasteiger charge is -2.27. The summed E-state index contributed by atoms with van der Waals surface area (Å²) in [5.41, 5.74) is 0. The average Bonchev–Trinajstić information content (AvgIpc) is 2.90. The molecule has 17 heavy (non-hydrogen) atoms. The highest BCUT2D eigenvalue weighted by atomic mass is 16.5. The van der Waals surface area contributed by atoms with Gasteiger partial charge in [0.1, 0.15) is 6.10 Å². The quantitative estimate of drug-likeness (QED) is 0.754. The van der Waals surface area contributed by atoms with Gasteiger partial charge >= 0.3 is 0 Å². The van der Waals surface area contributed by atoms with Crippen molar-refractivity contribution in [2.45, 2.75) is 31.4 Å². The van der Waals surface area contributed by atoms with Crippen molar-refractivity contribution in [2.24, 2.45) is 0 Å². The largest absolute Gasteiger partial charge is 0.379 e. The lowest BCUT2D eigenvalue weighted by Crippen LogP contribution is -2.44. The number of likely N-dealkylation sites (N-methyl/N-ethyl adjacent to an activating group) is 1. The van der Waals surface area contributed by atoms with Crippen LogP contribution in [0.2, 0.25) is 0 Å². The van der Waals surface area contributed by atoms with E-state index in [4.69, 9.17) is 9.47 Å². The van der Waals surface area contributed by atoms with Gasteiger partial charge in [0.05, 0.1) is 13.2 Å². The van der Waals surface area contributed by atoms with Gasteiger partial charge in [-0.15, -0.1) is 0 Å². The zero-order valence-electron chi connectivity index (χ0n) is 10.5. The molecule has 0 bridgehead atoms. The Hall–Kier alpha value is -0.650.